The molecule has 0 bridgehead atoms. The normalized spacial score (nSPS) is 9.92. The number of nitrogens with one attached hydrogen (secondary N) is 2. The molecule has 0 fully saturated rings. The molecule has 4 amide bonds. The van der Waals surface area contributed by atoms with Gasteiger partial charge in [0.15, 0.2) is 0 Å². The maximum atomic E-state index is 12.0. The largest absolute Gasteiger partial charge is 0.366 e. The lowest BCUT2D eigenvalue weighted by molar-refractivity contribution is 0.0917. The Morgan fingerprint density at radius 3 is 1.72 bits per heavy atom. The van der Waals surface area contributed by atoms with Crippen LogP contribution in [0.5, 0.6) is 0 Å². The SMILES string of the molecule is NC(=O)c1ccc(C(=O)NCNC(=O)c2cccc(C(N)=O)c2)cc1. The highest BCUT2D eigenvalue weighted by Gasteiger charge is 2.10. The number of primary amides is 2. The third-order valence-corrected chi connectivity index (χ3v) is 3.34. The van der Waals surface area contributed by atoms with Gasteiger partial charge in [-0.1, -0.05) is 6.07 Å². The van der Waals surface area contributed by atoms with Crippen LogP contribution in [-0.2, 0) is 0 Å². The first kappa shape index (κ1) is 17.7. The Morgan fingerprint density at radius 1 is 0.680 bits per heavy atom. The molecule has 2 aromatic carbocycles. The molecule has 0 spiro atoms. The molecular weight excluding hydrogens is 324 g/mol. The zero-order valence-electron chi connectivity index (χ0n) is 13.1. The first-order valence-electron chi connectivity index (χ1n) is 7.24. The van der Waals surface area contributed by atoms with Crippen LogP contribution in [0.2, 0.25) is 0 Å². The van der Waals surface area contributed by atoms with Crippen LogP contribution in [-0.4, -0.2) is 30.3 Å². The van der Waals surface area contributed by atoms with Crippen molar-refractivity contribution in [3.05, 3.63) is 70.8 Å². The molecule has 6 N–H and O–H groups in total. The quantitative estimate of drug-likeness (QED) is 0.549. The Kier molecular flexibility index (Phi) is 5.47. The third-order valence-electron chi connectivity index (χ3n) is 3.34. The van der Waals surface area contributed by atoms with Crippen molar-refractivity contribution in [2.75, 3.05) is 6.67 Å². The highest BCUT2D eigenvalue weighted by molar-refractivity contribution is 6.00. The minimum Gasteiger partial charge on any atom is -0.366 e. The molecule has 0 heterocycles. The van der Waals surface area contributed by atoms with Crippen LogP contribution in [0.1, 0.15) is 41.4 Å². The lowest BCUT2D eigenvalue weighted by Crippen LogP contribution is -2.37. The van der Waals surface area contributed by atoms with Crippen molar-refractivity contribution in [3.8, 4) is 0 Å². The fourth-order valence-electron chi connectivity index (χ4n) is 2.01. The van der Waals surface area contributed by atoms with E-state index >= 15 is 0 Å². The second-order valence-corrected chi connectivity index (χ2v) is 5.08. The zero-order valence-corrected chi connectivity index (χ0v) is 13.1. The fraction of sp³-hybridized carbons (Fsp3) is 0.0588. The van der Waals surface area contributed by atoms with E-state index in [9.17, 15) is 19.2 Å². The van der Waals surface area contributed by atoms with Crippen LogP contribution in [0.15, 0.2) is 48.5 Å². The van der Waals surface area contributed by atoms with E-state index in [0.717, 1.165) is 0 Å². The molecule has 2 rings (SSSR count). The number of hydrogen-bond acceptors (Lipinski definition) is 4. The standard InChI is InChI=1S/C17H16N4O4/c18-14(22)10-4-6-11(7-5-10)16(24)20-9-21-17(25)13-3-1-2-12(8-13)15(19)23/h1-8H,9H2,(H2,18,22)(H2,19,23)(H,20,24)(H,21,25). The first-order chi connectivity index (χ1) is 11.9. The molecule has 128 valence electrons. The van der Waals surface area contributed by atoms with Gasteiger partial charge in [-0.2, -0.15) is 0 Å². The maximum Gasteiger partial charge on any atom is 0.252 e. The van der Waals surface area contributed by atoms with Crippen LogP contribution in [0.25, 0.3) is 0 Å². The molecule has 0 saturated heterocycles. The summed E-state index contributed by atoms with van der Waals surface area (Å²) in [5, 5.41) is 5.01. The minimum atomic E-state index is -0.637. The fourth-order valence-corrected chi connectivity index (χ4v) is 2.01. The molecule has 0 unspecified atom stereocenters. The summed E-state index contributed by atoms with van der Waals surface area (Å²) < 4.78 is 0. The van der Waals surface area contributed by atoms with Crippen molar-refractivity contribution in [1.29, 1.82) is 0 Å². The molecule has 8 heteroatoms. The van der Waals surface area contributed by atoms with Crippen molar-refractivity contribution >= 4 is 23.6 Å². The van der Waals surface area contributed by atoms with Gasteiger partial charge in [-0.15, -0.1) is 0 Å². The van der Waals surface area contributed by atoms with Gasteiger partial charge in [-0.3, -0.25) is 19.2 Å². The molecule has 0 aliphatic rings. The molecule has 0 aliphatic carbocycles. The molecule has 0 aliphatic heterocycles. The van der Waals surface area contributed by atoms with E-state index in [-0.39, 0.29) is 17.8 Å². The Bertz CT molecular complexity index is 831. The first-order valence-corrected chi connectivity index (χ1v) is 7.24. The summed E-state index contributed by atoms with van der Waals surface area (Å²) in [5.74, 6) is -2.12. The number of hydrogen-bond donors (Lipinski definition) is 4. The van der Waals surface area contributed by atoms with Gasteiger partial charge in [-0.05, 0) is 42.5 Å². The summed E-state index contributed by atoms with van der Waals surface area (Å²) in [6.07, 6.45) is 0. The van der Waals surface area contributed by atoms with Crippen LogP contribution in [0, 0.1) is 0 Å². The number of rotatable bonds is 6. The van der Waals surface area contributed by atoms with Crippen LogP contribution in [0.4, 0.5) is 0 Å². The van der Waals surface area contributed by atoms with E-state index in [1.807, 2.05) is 0 Å². The number of nitrogens with two attached hydrogens (primary N) is 2. The van der Waals surface area contributed by atoms with Gasteiger partial charge in [0, 0.05) is 22.3 Å². The zero-order chi connectivity index (χ0) is 18.4. The number of amides is 4. The van der Waals surface area contributed by atoms with Crippen LogP contribution >= 0.6 is 0 Å². The predicted molar refractivity (Wildman–Crippen MR) is 89.7 cm³/mol. The lowest BCUT2D eigenvalue weighted by atomic mass is 10.1. The van der Waals surface area contributed by atoms with Gasteiger partial charge in [0.2, 0.25) is 11.8 Å². The Balaban J connectivity index is 1.90. The van der Waals surface area contributed by atoms with E-state index in [1.54, 1.807) is 0 Å². The second kappa shape index (κ2) is 7.73. The molecule has 2 aromatic rings. The predicted octanol–water partition coefficient (Wildman–Crippen LogP) is 0.00170. The molecular formula is C17H16N4O4. The summed E-state index contributed by atoms with van der Waals surface area (Å²) in [6.45, 7) is -0.115. The summed E-state index contributed by atoms with van der Waals surface area (Å²) in [6, 6.07) is 11.7. The highest BCUT2D eigenvalue weighted by Crippen LogP contribution is 2.05. The Hall–Kier alpha value is -3.68. The van der Waals surface area contributed by atoms with Gasteiger partial charge >= 0.3 is 0 Å². The van der Waals surface area contributed by atoms with Gasteiger partial charge in [-0.25, -0.2) is 0 Å². The monoisotopic (exact) mass is 340 g/mol. The smallest absolute Gasteiger partial charge is 0.252 e. The van der Waals surface area contributed by atoms with Crippen molar-refractivity contribution in [3.63, 3.8) is 0 Å². The van der Waals surface area contributed by atoms with E-state index in [0.29, 0.717) is 11.1 Å². The average molecular weight is 340 g/mol. The topological polar surface area (TPSA) is 144 Å². The second-order valence-electron chi connectivity index (χ2n) is 5.08. The molecule has 25 heavy (non-hydrogen) atoms. The average Bonchev–Trinajstić information content (AvgIpc) is 2.61. The van der Waals surface area contributed by atoms with Gasteiger partial charge in [0.05, 0.1) is 6.67 Å². The summed E-state index contributed by atoms with van der Waals surface area (Å²) in [4.78, 5) is 46.0. The van der Waals surface area contributed by atoms with E-state index in [2.05, 4.69) is 10.6 Å². The molecule has 0 aromatic heterocycles. The van der Waals surface area contributed by atoms with E-state index in [1.165, 1.54) is 48.5 Å². The van der Waals surface area contributed by atoms with Crippen LogP contribution in [0.3, 0.4) is 0 Å². The maximum absolute atomic E-state index is 12.0. The highest BCUT2D eigenvalue weighted by atomic mass is 16.2. The Morgan fingerprint density at radius 2 is 1.16 bits per heavy atom. The van der Waals surface area contributed by atoms with Crippen LogP contribution < -0.4 is 22.1 Å². The molecule has 0 radical (unpaired) electrons. The van der Waals surface area contributed by atoms with E-state index < -0.39 is 23.6 Å². The molecule has 8 nitrogen and oxygen atoms in total. The van der Waals surface area contributed by atoms with Crippen molar-refractivity contribution in [2.24, 2.45) is 11.5 Å². The van der Waals surface area contributed by atoms with Gasteiger partial charge in [0.25, 0.3) is 11.8 Å². The number of benzene rings is 2. The van der Waals surface area contributed by atoms with Gasteiger partial charge < -0.3 is 22.1 Å². The number of carbonyl (C=O) groups is 4. The lowest BCUT2D eigenvalue weighted by Gasteiger charge is -2.08. The Labute approximate surface area is 143 Å². The molecule has 0 atom stereocenters. The van der Waals surface area contributed by atoms with Crippen molar-refractivity contribution in [1.82, 2.24) is 10.6 Å². The summed E-state index contributed by atoms with van der Waals surface area (Å²) >= 11 is 0. The van der Waals surface area contributed by atoms with Gasteiger partial charge in [0.1, 0.15) is 0 Å². The number of carbonyl (C=O) groups excluding carboxylic acids is 4. The summed E-state index contributed by atoms with van der Waals surface area (Å²) in [7, 11) is 0. The molecule has 0 saturated carbocycles. The third kappa shape index (κ3) is 4.64. The van der Waals surface area contributed by atoms with E-state index in [4.69, 9.17) is 11.5 Å². The summed E-state index contributed by atoms with van der Waals surface area (Å²) in [5.41, 5.74) is 11.3. The minimum absolute atomic E-state index is 0.115. The van der Waals surface area contributed by atoms with Crippen molar-refractivity contribution < 1.29 is 19.2 Å². The van der Waals surface area contributed by atoms with Crippen molar-refractivity contribution in [2.45, 2.75) is 0 Å².